The van der Waals surface area contributed by atoms with E-state index in [1.165, 1.54) is 31.2 Å². The second-order valence-corrected chi connectivity index (χ2v) is 6.96. The van der Waals surface area contributed by atoms with E-state index in [0.717, 1.165) is 0 Å². The van der Waals surface area contributed by atoms with Crippen molar-refractivity contribution in [3.63, 3.8) is 0 Å². The molecule has 1 aromatic rings. The van der Waals surface area contributed by atoms with Gasteiger partial charge in [0.05, 0.1) is 10.5 Å². The zero-order chi connectivity index (χ0) is 17.6. The second-order valence-electron chi connectivity index (χ2n) is 5.25. The van der Waals surface area contributed by atoms with Crippen molar-refractivity contribution >= 4 is 21.9 Å². The second kappa shape index (κ2) is 8.07. The molecule has 0 aliphatic carbocycles. The molecule has 0 aliphatic rings. The molecule has 1 rings (SSSR count). The fourth-order valence-corrected chi connectivity index (χ4v) is 3.07. The highest BCUT2D eigenvalue weighted by Crippen LogP contribution is 2.13. The predicted molar refractivity (Wildman–Crippen MR) is 85.5 cm³/mol. The minimum atomic E-state index is -3.71. The molecule has 0 saturated carbocycles. The first-order valence-electron chi connectivity index (χ1n) is 7.28. The average Bonchev–Trinajstić information content (AvgIpc) is 2.46. The van der Waals surface area contributed by atoms with Crippen LogP contribution < -0.4 is 10.0 Å². The molecule has 7 nitrogen and oxygen atoms in total. The third kappa shape index (κ3) is 5.65. The van der Waals surface area contributed by atoms with Crippen molar-refractivity contribution in [1.82, 2.24) is 10.0 Å². The Labute approximate surface area is 136 Å². The summed E-state index contributed by atoms with van der Waals surface area (Å²) in [6.45, 7) is 7.02. The van der Waals surface area contributed by atoms with Gasteiger partial charge in [0.2, 0.25) is 10.0 Å². The molecule has 1 amide bonds. The number of ether oxygens (including phenoxy) is 1. The Balaban J connectivity index is 2.92. The van der Waals surface area contributed by atoms with Gasteiger partial charge in [0.15, 0.2) is 6.10 Å². The number of carbonyl (C=O) groups is 2. The van der Waals surface area contributed by atoms with Crippen LogP contribution in [0.1, 0.15) is 38.1 Å². The minimum Gasteiger partial charge on any atom is -0.449 e. The molecule has 0 saturated heterocycles. The van der Waals surface area contributed by atoms with Crippen LogP contribution in [-0.2, 0) is 19.6 Å². The summed E-state index contributed by atoms with van der Waals surface area (Å²) in [7, 11) is -3.71. The number of benzene rings is 1. The maximum Gasteiger partial charge on any atom is 0.338 e. The topological polar surface area (TPSA) is 102 Å². The van der Waals surface area contributed by atoms with Gasteiger partial charge in [0, 0.05) is 12.6 Å². The summed E-state index contributed by atoms with van der Waals surface area (Å²) in [5.41, 5.74) is 0.0628. The molecule has 8 heteroatoms. The van der Waals surface area contributed by atoms with Crippen molar-refractivity contribution in [3.8, 4) is 0 Å². The highest BCUT2D eigenvalue weighted by Gasteiger charge is 2.21. The van der Waals surface area contributed by atoms with Crippen LogP contribution >= 0.6 is 0 Å². The molecule has 0 aliphatic heterocycles. The number of rotatable bonds is 7. The fourth-order valence-electron chi connectivity index (χ4n) is 1.77. The van der Waals surface area contributed by atoms with Gasteiger partial charge in [-0.25, -0.2) is 17.9 Å². The first kappa shape index (κ1) is 19.1. The molecule has 0 radical (unpaired) electrons. The number of amides is 1. The van der Waals surface area contributed by atoms with Gasteiger partial charge >= 0.3 is 5.97 Å². The molecule has 128 valence electrons. The van der Waals surface area contributed by atoms with Crippen molar-refractivity contribution in [2.45, 2.75) is 44.7 Å². The zero-order valence-corrected chi connectivity index (χ0v) is 14.4. The number of esters is 1. The standard InChI is InChI=1S/C15H22N2O5S/c1-5-16-14(18)11(4)22-15(19)12-7-6-8-13(9-12)23(20,21)17-10(2)3/h6-11,17H,5H2,1-4H3,(H,16,18)/t11-/m1/s1. The molecule has 0 unspecified atom stereocenters. The number of nitrogens with one attached hydrogen (secondary N) is 2. The largest absolute Gasteiger partial charge is 0.449 e. The number of carbonyl (C=O) groups excluding carboxylic acids is 2. The van der Waals surface area contributed by atoms with Crippen molar-refractivity contribution in [3.05, 3.63) is 29.8 Å². The normalized spacial score (nSPS) is 12.7. The minimum absolute atomic E-state index is 0.0358. The average molecular weight is 342 g/mol. The third-order valence-corrected chi connectivity index (χ3v) is 4.43. The van der Waals surface area contributed by atoms with Gasteiger partial charge in [-0.3, -0.25) is 4.79 Å². The molecule has 2 N–H and O–H groups in total. The lowest BCUT2D eigenvalue weighted by molar-refractivity contribution is -0.128. The molecule has 0 bridgehead atoms. The summed E-state index contributed by atoms with van der Waals surface area (Å²) in [5, 5.41) is 2.54. The van der Waals surface area contributed by atoms with E-state index in [-0.39, 0.29) is 16.5 Å². The van der Waals surface area contributed by atoms with Gasteiger partial charge in [-0.15, -0.1) is 0 Å². The summed E-state index contributed by atoms with van der Waals surface area (Å²) in [6, 6.07) is 5.21. The zero-order valence-electron chi connectivity index (χ0n) is 13.6. The lowest BCUT2D eigenvalue weighted by atomic mass is 10.2. The molecular weight excluding hydrogens is 320 g/mol. The molecule has 23 heavy (non-hydrogen) atoms. The van der Waals surface area contributed by atoms with Crippen molar-refractivity contribution in [2.75, 3.05) is 6.54 Å². The lowest BCUT2D eigenvalue weighted by Gasteiger charge is -2.13. The molecule has 1 aromatic carbocycles. The van der Waals surface area contributed by atoms with E-state index >= 15 is 0 Å². The summed E-state index contributed by atoms with van der Waals surface area (Å²) >= 11 is 0. The van der Waals surface area contributed by atoms with Crippen molar-refractivity contribution in [2.24, 2.45) is 0 Å². The van der Waals surface area contributed by atoms with Crippen LogP contribution in [0.4, 0.5) is 0 Å². The molecule has 1 atom stereocenters. The van der Waals surface area contributed by atoms with Crippen molar-refractivity contribution < 1.29 is 22.7 Å². The first-order valence-corrected chi connectivity index (χ1v) is 8.76. The number of sulfonamides is 1. The third-order valence-electron chi connectivity index (χ3n) is 2.77. The van der Waals surface area contributed by atoms with Gasteiger partial charge in [0.1, 0.15) is 0 Å². The number of hydrogen-bond acceptors (Lipinski definition) is 5. The van der Waals surface area contributed by atoms with Gasteiger partial charge in [-0.2, -0.15) is 0 Å². The Morgan fingerprint density at radius 1 is 1.22 bits per heavy atom. The number of likely N-dealkylation sites (N-methyl/N-ethyl adjacent to an activating group) is 1. The Kier molecular flexibility index (Phi) is 6.71. The van der Waals surface area contributed by atoms with Gasteiger partial charge < -0.3 is 10.1 Å². The number of hydrogen-bond donors (Lipinski definition) is 2. The Bertz CT molecular complexity index is 670. The van der Waals surface area contributed by atoms with Gasteiger partial charge in [0.25, 0.3) is 5.91 Å². The van der Waals surface area contributed by atoms with E-state index in [4.69, 9.17) is 4.74 Å². The van der Waals surface area contributed by atoms with E-state index in [0.29, 0.717) is 6.54 Å². The smallest absolute Gasteiger partial charge is 0.338 e. The summed E-state index contributed by atoms with van der Waals surface area (Å²) in [5.74, 6) is -1.17. The van der Waals surface area contributed by atoms with E-state index in [1.807, 2.05) is 0 Å². The summed E-state index contributed by atoms with van der Waals surface area (Å²) in [4.78, 5) is 23.6. The Morgan fingerprint density at radius 3 is 2.43 bits per heavy atom. The van der Waals surface area contributed by atoms with E-state index in [1.54, 1.807) is 20.8 Å². The van der Waals surface area contributed by atoms with Crippen LogP contribution in [0, 0.1) is 0 Å². The predicted octanol–water partition coefficient (Wildman–Crippen LogP) is 1.05. The first-order chi connectivity index (χ1) is 10.7. The van der Waals surface area contributed by atoms with E-state index < -0.39 is 28.0 Å². The monoisotopic (exact) mass is 342 g/mol. The maximum absolute atomic E-state index is 12.1. The van der Waals surface area contributed by atoms with Gasteiger partial charge in [-0.1, -0.05) is 6.07 Å². The molecule has 0 fully saturated rings. The van der Waals surface area contributed by atoms with Crippen LogP contribution in [0.3, 0.4) is 0 Å². The Morgan fingerprint density at radius 2 is 1.87 bits per heavy atom. The summed E-state index contributed by atoms with van der Waals surface area (Å²) in [6.07, 6.45) is -0.962. The SMILES string of the molecule is CCNC(=O)[C@@H](C)OC(=O)c1cccc(S(=O)(=O)NC(C)C)c1. The Hall–Kier alpha value is -1.93. The molecule has 0 spiro atoms. The van der Waals surface area contributed by atoms with Crippen LogP contribution in [0.2, 0.25) is 0 Å². The van der Waals surface area contributed by atoms with Crippen LogP contribution in [0.25, 0.3) is 0 Å². The van der Waals surface area contributed by atoms with Crippen LogP contribution in [-0.4, -0.2) is 39.0 Å². The summed E-state index contributed by atoms with van der Waals surface area (Å²) < 4.78 is 31.7. The quantitative estimate of drug-likeness (QED) is 0.721. The van der Waals surface area contributed by atoms with E-state index in [2.05, 4.69) is 10.0 Å². The maximum atomic E-state index is 12.1. The highest BCUT2D eigenvalue weighted by molar-refractivity contribution is 7.89. The van der Waals surface area contributed by atoms with Gasteiger partial charge in [-0.05, 0) is 45.9 Å². The fraction of sp³-hybridized carbons (Fsp3) is 0.467. The molecular formula is C15H22N2O5S. The van der Waals surface area contributed by atoms with Crippen LogP contribution in [0.15, 0.2) is 29.2 Å². The highest BCUT2D eigenvalue weighted by atomic mass is 32.2. The van der Waals surface area contributed by atoms with E-state index in [9.17, 15) is 18.0 Å². The lowest BCUT2D eigenvalue weighted by Crippen LogP contribution is -2.35. The van der Waals surface area contributed by atoms with Crippen molar-refractivity contribution in [1.29, 1.82) is 0 Å². The molecule has 0 heterocycles. The van der Waals surface area contributed by atoms with Crippen LogP contribution in [0.5, 0.6) is 0 Å². The molecule has 0 aromatic heterocycles.